The van der Waals surface area contributed by atoms with Crippen LogP contribution in [0.2, 0.25) is 0 Å². The van der Waals surface area contributed by atoms with Crippen LogP contribution in [0.3, 0.4) is 0 Å². The van der Waals surface area contributed by atoms with Crippen molar-refractivity contribution in [3.8, 4) is 0 Å². The molecule has 1 aromatic carbocycles. The minimum atomic E-state index is -0.305. The molecule has 1 aliphatic rings. The first kappa shape index (κ1) is 17.0. The Kier molecular flexibility index (Phi) is 5.77. The zero-order valence-electron chi connectivity index (χ0n) is 13.4. The van der Waals surface area contributed by atoms with Gasteiger partial charge >= 0.3 is 0 Å². The summed E-state index contributed by atoms with van der Waals surface area (Å²) >= 11 is 0. The second-order valence-electron chi connectivity index (χ2n) is 6.02. The van der Waals surface area contributed by atoms with Crippen molar-refractivity contribution < 1.29 is 4.92 Å². The van der Waals surface area contributed by atoms with E-state index in [0.717, 1.165) is 37.7 Å². The summed E-state index contributed by atoms with van der Waals surface area (Å²) in [5.41, 5.74) is 10.8. The van der Waals surface area contributed by atoms with Gasteiger partial charge in [-0.15, -0.1) is 0 Å². The number of nitrogens with zero attached hydrogens (tertiary/aromatic N) is 4. The SMILES string of the molecule is CC[C@@]1(CCCN=[N+]=[N-])CCC=C1Cc1ccccc1[N+](=O)[O-]. The second kappa shape index (κ2) is 7.79. The van der Waals surface area contributed by atoms with Crippen molar-refractivity contribution >= 4 is 5.69 Å². The maximum atomic E-state index is 11.2. The minimum Gasteiger partial charge on any atom is -0.258 e. The molecule has 0 saturated carbocycles. The molecule has 0 amide bonds. The number of rotatable bonds is 8. The minimum absolute atomic E-state index is 0.0920. The van der Waals surface area contributed by atoms with E-state index >= 15 is 0 Å². The molecule has 0 aromatic heterocycles. The molecule has 122 valence electrons. The Bertz CT molecular complexity index is 650. The smallest absolute Gasteiger partial charge is 0.258 e. The van der Waals surface area contributed by atoms with Gasteiger partial charge in [0.25, 0.3) is 5.69 Å². The van der Waals surface area contributed by atoms with E-state index in [1.807, 2.05) is 12.1 Å². The number of allylic oxidation sites excluding steroid dienone is 2. The molecule has 0 radical (unpaired) electrons. The van der Waals surface area contributed by atoms with Gasteiger partial charge < -0.3 is 0 Å². The van der Waals surface area contributed by atoms with E-state index < -0.39 is 0 Å². The zero-order valence-corrected chi connectivity index (χ0v) is 13.4. The van der Waals surface area contributed by atoms with Crippen molar-refractivity contribution in [2.45, 2.75) is 45.4 Å². The van der Waals surface area contributed by atoms with Crippen molar-refractivity contribution in [3.63, 3.8) is 0 Å². The molecule has 6 heteroatoms. The topological polar surface area (TPSA) is 91.9 Å². The molecule has 0 saturated heterocycles. The third-order valence-corrected chi connectivity index (χ3v) is 4.92. The maximum absolute atomic E-state index is 11.2. The summed E-state index contributed by atoms with van der Waals surface area (Å²) in [6.07, 6.45) is 7.80. The number of hydrogen-bond acceptors (Lipinski definition) is 3. The van der Waals surface area contributed by atoms with Crippen LogP contribution < -0.4 is 0 Å². The summed E-state index contributed by atoms with van der Waals surface area (Å²) in [6, 6.07) is 6.97. The lowest BCUT2D eigenvalue weighted by Gasteiger charge is -2.32. The van der Waals surface area contributed by atoms with E-state index in [4.69, 9.17) is 5.53 Å². The third-order valence-electron chi connectivity index (χ3n) is 4.92. The average molecular weight is 314 g/mol. The van der Waals surface area contributed by atoms with E-state index in [1.54, 1.807) is 12.1 Å². The van der Waals surface area contributed by atoms with Crippen molar-refractivity contribution in [2.75, 3.05) is 6.54 Å². The van der Waals surface area contributed by atoms with Gasteiger partial charge in [0.2, 0.25) is 0 Å². The average Bonchev–Trinajstić information content (AvgIpc) is 2.95. The molecule has 1 aromatic rings. The van der Waals surface area contributed by atoms with E-state index in [0.29, 0.717) is 13.0 Å². The van der Waals surface area contributed by atoms with Crippen LogP contribution in [0, 0.1) is 15.5 Å². The van der Waals surface area contributed by atoms with E-state index in [9.17, 15) is 10.1 Å². The highest BCUT2D eigenvalue weighted by Crippen LogP contribution is 2.47. The molecule has 1 atom stereocenters. The highest BCUT2D eigenvalue weighted by atomic mass is 16.6. The Morgan fingerprint density at radius 3 is 2.91 bits per heavy atom. The molecule has 0 fully saturated rings. The van der Waals surface area contributed by atoms with Crippen LogP contribution in [0.15, 0.2) is 41.0 Å². The summed E-state index contributed by atoms with van der Waals surface area (Å²) in [5, 5.41) is 14.8. The van der Waals surface area contributed by atoms with Crippen LogP contribution in [-0.2, 0) is 6.42 Å². The summed E-state index contributed by atoms with van der Waals surface area (Å²) in [7, 11) is 0. The van der Waals surface area contributed by atoms with Crippen LogP contribution in [0.1, 0.15) is 44.6 Å². The van der Waals surface area contributed by atoms with Crippen molar-refractivity contribution in [2.24, 2.45) is 10.5 Å². The lowest BCUT2D eigenvalue weighted by atomic mass is 9.73. The van der Waals surface area contributed by atoms with Gasteiger partial charge in [-0.05, 0) is 43.1 Å². The molecule has 0 heterocycles. The molecule has 2 rings (SSSR count). The highest BCUT2D eigenvalue weighted by Gasteiger charge is 2.35. The predicted molar refractivity (Wildman–Crippen MR) is 90.1 cm³/mol. The van der Waals surface area contributed by atoms with Crippen LogP contribution in [0.25, 0.3) is 10.4 Å². The molecular formula is C17H22N4O2. The third kappa shape index (κ3) is 3.90. The molecule has 6 nitrogen and oxygen atoms in total. The van der Waals surface area contributed by atoms with E-state index in [1.165, 1.54) is 5.57 Å². The van der Waals surface area contributed by atoms with Gasteiger partial charge in [-0.2, -0.15) is 0 Å². The monoisotopic (exact) mass is 314 g/mol. The molecule has 1 aliphatic carbocycles. The van der Waals surface area contributed by atoms with Gasteiger partial charge in [0.15, 0.2) is 0 Å². The Hall–Kier alpha value is -2.33. The van der Waals surface area contributed by atoms with Crippen LogP contribution in [0.4, 0.5) is 5.69 Å². The zero-order chi connectivity index (χ0) is 16.7. The van der Waals surface area contributed by atoms with Gasteiger partial charge in [-0.3, -0.25) is 10.1 Å². The Morgan fingerprint density at radius 2 is 2.22 bits per heavy atom. The van der Waals surface area contributed by atoms with Crippen LogP contribution in [-0.4, -0.2) is 11.5 Å². The highest BCUT2D eigenvalue weighted by molar-refractivity contribution is 5.43. The standard InChI is InChI=1S/C17H22N4O2/c1-2-17(11-6-12-19-20-18)10-5-8-15(17)13-14-7-3-4-9-16(14)21(22)23/h3-4,7-9H,2,5-6,10-13H2,1H3/t17-/m0/s1. The first-order valence-electron chi connectivity index (χ1n) is 8.05. The van der Waals surface area contributed by atoms with Gasteiger partial charge in [-0.1, -0.05) is 41.9 Å². The fourth-order valence-electron chi connectivity index (χ4n) is 3.60. The van der Waals surface area contributed by atoms with Gasteiger partial charge in [0, 0.05) is 29.5 Å². The molecule has 23 heavy (non-hydrogen) atoms. The molecule has 0 aliphatic heterocycles. The summed E-state index contributed by atoms with van der Waals surface area (Å²) in [5.74, 6) is 0. The summed E-state index contributed by atoms with van der Waals surface area (Å²) in [4.78, 5) is 13.7. The molecular weight excluding hydrogens is 292 g/mol. The van der Waals surface area contributed by atoms with Gasteiger partial charge in [0.1, 0.15) is 0 Å². The lowest BCUT2D eigenvalue weighted by molar-refractivity contribution is -0.385. The number of nitro groups is 1. The molecule has 0 spiro atoms. The van der Waals surface area contributed by atoms with Crippen molar-refractivity contribution in [3.05, 3.63) is 62.0 Å². The van der Waals surface area contributed by atoms with E-state index in [-0.39, 0.29) is 16.0 Å². The van der Waals surface area contributed by atoms with Crippen LogP contribution >= 0.6 is 0 Å². The normalized spacial score (nSPS) is 20.0. The number of nitro benzene ring substituents is 1. The van der Waals surface area contributed by atoms with Crippen LogP contribution in [0.5, 0.6) is 0 Å². The maximum Gasteiger partial charge on any atom is 0.272 e. The van der Waals surface area contributed by atoms with Crippen molar-refractivity contribution in [1.29, 1.82) is 0 Å². The number of hydrogen-bond donors (Lipinski definition) is 0. The largest absolute Gasteiger partial charge is 0.272 e. The predicted octanol–water partition coefficient (Wildman–Crippen LogP) is 5.34. The summed E-state index contributed by atoms with van der Waals surface area (Å²) in [6.45, 7) is 2.68. The molecule has 0 unspecified atom stereocenters. The summed E-state index contributed by atoms with van der Waals surface area (Å²) < 4.78 is 0. The first-order valence-corrected chi connectivity index (χ1v) is 8.05. The fourth-order valence-corrected chi connectivity index (χ4v) is 3.60. The van der Waals surface area contributed by atoms with Crippen molar-refractivity contribution in [1.82, 2.24) is 0 Å². The Balaban J connectivity index is 2.17. The lowest BCUT2D eigenvalue weighted by Crippen LogP contribution is -2.21. The quantitative estimate of drug-likeness (QED) is 0.123. The van der Waals surface area contributed by atoms with Gasteiger partial charge in [-0.25, -0.2) is 0 Å². The number of benzene rings is 1. The second-order valence-corrected chi connectivity index (χ2v) is 6.02. The Labute approximate surface area is 136 Å². The fraction of sp³-hybridized carbons (Fsp3) is 0.529. The number of para-hydroxylation sites is 1. The Morgan fingerprint density at radius 1 is 1.43 bits per heavy atom. The number of azide groups is 1. The first-order chi connectivity index (χ1) is 11.1. The molecule has 0 N–H and O–H groups in total. The molecule has 0 bridgehead atoms. The van der Waals surface area contributed by atoms with E-state index in [2.05, 4.69) is 23.0 Å². The van der Waals surface area contributed by atoms with Gasteiger partial charge in [0.05, 0.1) is 4.92 Å².